The van der Waals surface area contributed by atoms with Crippen LogP contribution >= 0.6 is 0 Å². The van der Waals surface area contributed by atoms with Gasteiger partial charge in [0.05, 0.1) is 29.1 Å². The molecule has 54 heavy (non-hydrogen) atoms. The molecular formula is C33H9F17N4. The summed E-state index contributed by atoms with van der Waals surface area (Å²) in [5, 5.41) is 38.4. The molecule has 280 valence electrons. The number of benzene rings is 2. The molecule has 0 aromatic heterocycles. The van der Waals surface area contributed by atoms with Gasteiger partial charge >= 0.3 is 12.4 Å². The molecule has 2 aromatic rings. The van der Waals surface area contributed by atoms with Gasteiger partial charge in [-0.15, -0.1) is 0 Å². The molecule has 3 rings (SSSR count). The third-order valence-corrected chi connectivity index (χ3v) is 7.35. The van der Waals surface area contributed by atoms with Gasteiger partial charge in [-0.3, -0.25) is 0 Å². The number of alkyl halides is 6. The highest BCUT2D eigenvalue weighted by Gasteiger charge is 2.51. The van der Waals surface area contributed by atoms with Crippen LogP contribution in [-0.4, -0.2) is 0 Å². The van der Waals surface area contributed by atoms with Crippen LogP contribution in [0, 0.1) is 86.0 Å². The van der Waals surface area contributed by atoms with Gasteiger partial charge in [0, 0.05) is 45.4 Å². The van der Waals surface area contributed by atoms with Gasteiger partial charge in [-0.05, 0) is 13.8 Å². The standard InChI is InChI=1S/C33H9F17N4/c1-9(4-34)23(36)24(37)12(10(2)35)3-11(5-51)16-17(18(16)14(7-53)20-28(41)25(38)15(8-54)26(39)29(20)42)13(6-52)19-21(32(45,46)47)30(43)22(33(48,49)50)31(44)27(19)40/h4H,3H2,1-2H3/b9-4+,12-10+,16-11+,17-13+,18-14-,24-23-. The Morgan fingerprint density at radius 1 is 0.574 bits per heavy atom. The molecule has 0 bridgehead atoms. The van der Waals surface area contributed by atoms with Crippen LogP contribution in [0.15, 0.2) is 57.2 Å². The molecular weight excluding hydrogens is 775 g/mol. The van der Waals surface area contributed by atoms with E-state index in [2.05, 4.69) is 0 Å². The maximum absolute atomic E-state index is 15.3. The summed E-state index contributed by atoms with van der Waals surface area (Å²) in [7, 11) is 0. The van der Waals surface area contributed by atoms with Gasteiger partial charge in [0.15, 0.2) is 52.4 Å². The molecule has 1 aliphatic rings. The number of hydrogen-bond donors (Lipinski definition) is 0. The van der Waals surface area contributed by atoms with E-state index in [4.69, 9.17) is 5.26 Å². The first-order valence-electron chi connectivity index (χ1n) is 13.6. The third kappa shape index (κ3) is 7.05. The molecule has 2 aromatic carbocycles. The molecule has 0 spiro atoms. The van der Waals surface area contributed by atoms with Crippen molar-refractivity contribution in [2.45, 2.75) is 32.6 Å². The predicted octanol–water partition coefficient (Wildman–Crippen LogP) is 11.3. The van der Waals surface area contributed by atoms with E-state index in [9.17, 15) is 72.9 Å². The second-order valence-corrected chi connectivity index (χ2v) is 10.5. The summed E-state index contributed by atoms with van der Waals surface area (Å²) in [6, 6.07) is 3.39. The first-order chi connectivity index (χ1) is 24.9. The molecule has 0 saturated heterocycles. The van der Waals surface area contributed by atoms with E-state index < -0.39 is 156 Å². The largest absolute Gasteiger partial charge is 0.422 e. The van der Waals surface area contributed by atoms with Crippen LogP contribution in [0.2, 0.25) is 0 Å². The van der Waals surface area contributed by atoms with Crippen LogP contribution < -0.4 is 0 Å². The fourth-order valence-electron chi connectivity index (χ4n) is 4.89. The molecule has 0 atom stereocenters. The van der Waals surface area contributed by atoms with E-state index in [1.807, 2.05) is 0 Å². The zero-order valence-corrected chi connectivity index (χ0v) is 26.0. The first-order valence-corrected chi connectivity index (χ1v) is 13.6. The summed E-state index contributed by atoms with van der Waals surface area (Å²) in [5.74, 6) is -26.8. The molecule has 0 N–H and O–H groups in total. The van der Waals surface area contributed by atoms with Gasteiger partial charge in [-0.2, -0.15) is 47.4 Å². The minimum atomic E-state index is -6.48. The Balaban J connectivity index is 2.79. The summed E-state index contributed by atoms with van der Waals surface area (Å²) in [6.07, 6.45) is -15.1. The van der Waals surface area contributed by atoms with Crippen molar-refractivity contribution in [1.82, 2.24) is 0 Å². The van der Waals surface area contributed by atoms with Crippen molar-refractivity contribution in [2.75, 3.05) is 0 Å². The van der Waals surface area contributed by atoms with Crippen molar-refractivity contribution in [3.8, 4) is 24.3 Å². The average molecular weight is 784 g/mol. The van der Waals surface area contributed by atoms with Gasteiger partial charge in [0.25, 0.3) is 0 Å². The maximum Gasteiger partial charge on any atom is 0.422 e. The van der Waals surface area contributed by atoms with E-state index in [1.54, 1.807) is 0 Å². The van der Waals surface area contributed by atoms with Crippen molar-refractivity contribution in [2.24, 2.45) is 0 Å². The quantitative estimate of drug-likeness (QED) is 0.126. The molecule has 21 heteroatoms. The molecule has 1 fully saturated rings. The van der Waals surface area contributed by atoms with Gasteiger partial charge in [-0.25, -0.2) is 48.3 Å². The number of rotatable bonds is 6. The molecule has 0 radical (unpaired) electrons. The van der Waals surface area contributed by atoms with Gasteiger partial charge in [0.1, 0.15) is 40.7 Å². The highest BCUT2D eigenvalue weighted by Crippen LogP contribution is 2.57. The lowest BCUT2D eigenvalue weighted by Gasteiger charge is -2.19. The van der Waals surface area contributed by atoms with E-state index in [-0.39, 0.29) is 0 Å². The molecule has 0 aliphatic heterocycles. The first kappa shape index (κ1) is 42.1. The third-order valence-electron chi connectivity index (χ3n) is 7.35. The van der Waals surface area contributed by atoms with Crippen molar-refractivity contribution in [3.05, 3.63) is 126 Å². The lowest BCUT2D eigenvalue weighted by Crippen LogP contribution is -2.22. The smallest absolute Gasteiger partial charge is 0.215 e. The average Bonchev–Trinajstić information content (AvgIpc) is 3.80. The highest BCUT2D eigenvalue weighted by atomic mass is 19.4. The monoisotopic (exact) mass is 784 g/mol. The minimum Gasteiger partial charge on any atom is -0.215 e. The summed E-state index contributed by atoms with van der Waals surface area (Å²) >= 11 is 0. The highest BCUT2D eigenvalue weighted by molar-refractivity contribution is 6.07. The minimum absolute atomic E-state index is 0.379. The van der Waals surface area contributed by atoms with Crippen LogP contribution in [0.25, 0.3) is 11.1 Å². The van der Waals surface area contributed by atoms with Gasteiger partial charge in [0.2, 0.25) is 0 Å². The van der Waals surface area contributed by atoms with E-state index in [0.717, 1.165) is 12.1 Å². The SMILES string of the molecule is CC(=C\F)/C(F)=C(F)\C(C/C(C#N)=C1/C(=C(/C#N)c2c(F)c(F)c(C(F)(F)F)c(F)c2C(F)(F)F)/C1=C(/C#N)c1c(F)c(F)c(C#N)c(F)c1F)=C(/C)F. The summed E-state index contributed by atoms with van der Waals surface area (Å²) in [6.45, 7) is 0.975. The Morgan fingerprint density at radius 2 is 1.02 bits per heavy atom. The van der Waals surface area contributed by atoms with Crippen LogP contribution in [0.1, 0.15) is 48.1 Å². The summed E-state index contributed by atoms with van der Waals surface area (Å²) < 4.78 is 244. The lowest BCUT2D eigenvalue weighted by atomic mass is 9.93. The second kappa shape index (κ2) is 14.9. The Hall–Kier alpha value is -6.35. The van der Waals surface area contributed by atoms with Crippen molar-refractivity contribution in [3.63, 3.8) is 0 Å². The van der Waals surface area contributed by atoms with E-state index in [0.29, 0.717) is 26.0 Å². The number of nitriles is 4. The number of nitrogens with zero attached hydrogens (tertiary/aromatic N) is 4. The fourth-order valence-corrected chi connectivity index (χ4v) is 4.89. The van der Waals surface area contributed by atoms with Crippen molar-refractivity contribution < 1.29 is 74.6 Å². The maximum atomic E-state index is 15.3. The Morgan fingerprint density at radius 3 is 1.39 bits per heavy atom. The van der Waals surface area contributed by atoms with Crippen LogP contribution in [0.4, 0.5) is 74.6 Å². The topological polar surface area (TPSA) is 95.2 Å². The predicted molar refractivity (Wildman–Crippen MR) is 148 cm³/mol. The molecule has 0 unspecified atom stereocenters. The second-order valence-electron chi connectivity index (χ2n) is 10.5. The van der Waals surface area contributed by atoms with Crippen molar-refractivity contribution in [1.29, 1.82) is 21.0 Å². The number of halogens is 17. The van der Waals surface area contributed by atoms with Crippen LogP contribution in [0.5, 0.6) is 0 Å². The number of allylic oxidation sites excluding steroid dienone is 11. The zero-order valence-electron chi connectivity index (χ0n) is 26.0. The molecule has 1 aliphatic carbocycles. The van der Waals surface area contributed by atoms with Gasteiger partial charge < -0.3 is 0 Å². The Kier molecular flexibility index (Phi) is 11.6. The molecule has 0 heterocycles. The van der Waals surface area contributed by atoms with Gasteiger partial charge in [-0.1, -0.05) is 0 Å². The summed E-state index contributed by atoms with van der Waals surface area (Å²) in [4.78, 5) is 0. The fraction of sp³-hybridized carbons (Fsp3) is 0.152. The Bertz CT molecular complexity index is 2360. The number of hydrogen-bond acceptors (Lipinski definition) is 4. The Labute approximate surface area is 289 Å². The molecule has 0 amide bonds. The van der Waals surface area contributed by atoms with E-state index >= 15 is 17.6 Å². The zero-order chi connectivity index (χ0) is 41.5. The van der Waals surface area contributed by atoms with Crippen molar-refractivity contribution >= 4 is 11.1 Å². The molecule has 1 saturated carbocycles. The van der Waals surface area contributed by atoms with Crippen LogP contribution in [-0.2, 0) is 12.4 Å². The van der Waals surface area contributed by atoms with E-state index in [1.165, 1.54) is 0 Å². The van der Waals surface area contributed by atoms with Crippen LogP contribution in [0.3, 0.4) is 0 Å². The summed E-state index contributed by atoms with van der Waals surface area (Å²) in [5.41, 5.74) is -26.5. The normalized spacial score (nSPS) is 17.1. The lowest BCUT2D eigenvalue weighted by molar-refractivity contribution is -0.150. The molecule has 4 nitrogen and oxygen atoms in total.